The van der Waals surface area contributed by atoms with Gasteiger partial charge in [-0.3, -0.25) is 4.98 Å². The van der Waals surface area contributed by atoms with Gasteiger partial charge in [0.05, 0.1) is 19.9 Å². The van der Waals surface area contributed by atoms with Gasteiger partial charge in [0, 0.05) is 12.2 Å². The summed E-state index contributed by atoms with van der Waals surface area (Å²) >= 11 is 0. The summed E-state index contributed by atoms with van der Waals surface area (Å²) in [5.74, 6) is 1.01. The summed E-state index contributed by atoms with van der Waals surface area (Å²) < 4.78 is 38.1. The van der Waals surface area contributed by atoms with Crippen LogP contribution < -0.4 is 9.47 Å². The van der Waals surface area contributed by atoms with Gasteiger partial charge in [-0.1, -0.05) is 12.1 Å². The lowest BCUT2D eigenvalue weighted by Gasteiger charge is -2.18. The molecule has 6 nitrogen and oxygen atoms in total. The quantitative estimate of drug-likeness (QED) is 0.829. The molecule has 1 aromatic carbocycles. The van der Waals surface area contributed by atoms with Gasteiger partial charge in [0.1, 0.15) is 22.5 Å². The molecule has 1 fully saturated rings. The van der Waals surface area contributed by atoms with Crippen LogP contribution in [0.15, 0.2) is 47.5 Å². The van der Waals surface area contributed by atoms with Gasteiger partial charge in [-0.05, 0) is 37.6 Å². The van der Waals surface area contributed by atoms with E-state index in [0.717, 1.165) is 5.69 Å². The molecule has 1 aliphatic rings. The third kappa shape index (κ3) is 3.37. The Labute approximate surface area is 142 Å². The molecule has 0 radical (unpaired) electrons. The predicted octanol–water partition coefficient (Wildman–Crippen LogP) is 2.24. The molecule has 1 saturated heterocycles. The van der Waals surface area contributed by atoms with Crippen LogP contribution in [0.4, 0.5) is 0 Å². The highest BCUT2D eigenvalue weighted by molar-refractivity contribution is 7.89. The van der Waals surface area contributed by atoms with Gasteiger partial charge in [0.15, 0.2) is 0 Å². The van der Waals surface area contributed by atoms with E-state index in [1.807, 2.05) is 19.1 Å². The molecule has 1 atom stereocenters. The Morgan fingerprint density at radius 2 is 2.00 bits per heavy atom. The summed E-state index contributed by atoms with van der Waals surface area (Å²) in [4.78, 5) is 4.37. The topological polar surface area (TPSA) is 68.7 Å². The Balaban J connectivity index is 1.73. The molecule has 0 saturated carbocycles. The number of para-hydroxylation sites is 1. The minimum absolute atomic E-state index is 0.181. The number of methoxy groups -OCH3 is 1. The number of aryl methyl sites for hydroxylation is 1. The molecule has 1 aliphatic heterocycles. The largest absolute Gasteiger partial charge is 0.495 e. The van der Waals surface area contributed by atoms with Crippen molar-refractivity contribution in [3.8, 4) is 11.5 Å². The molecule has 7 heteroatoms. The zero-order valence-electron chi connectivity index (χ0n) is 13.7. The molecule has 0 bridgehead atoms. The van der Waals surface area contributed by atoms with Gasteiger partial charge >= 0.3 is 0 Å². The van der Waals surface area contributed by atoms with Crippen molar-refractivity contribution in [2.45, 2.75) is 24.3 Å². The van der Waals surface area contributed by atoms with Crippen molar-refractivity contribution in [1.82, 2.24) is 9.29 Å². The molecule has 128 valence electrons. The van der Waals surface area contributed by atoms with Crippen LogP contribution >= 0.6 is 0 Å². The number of hydrogen-bond donors (Lipinski definition) is 0. The number of hydrogen-bond acceptors (Lipinski definition) is 5. The van der Waals surface area contributed by atoms with Crippen LogP contribution in [0.25, 0.3) is 0 Å². The number of benzene rings is 1. The van der Waals surface area contributed by atoms with E-state index in [4.69, 9.17) is 9.47 Å². The Bertz CT molecular complexity index is 806. The minimum Gasteiger partial charge on any atom is -0.495 e. The summed E-state index contributed by atoms with van der Waals surface area (Å²) in [5, 5.41) is 0. The molecule has 3 rings (SSSR count). The second kappa shape index (κ2) is 6.78. The highest BCUT2D eigenvalue weighted by Crippen LogP contribution is 2.29. The van der Waals surface area contributed by atoms with E-state index < -0.39 is 10.0 Å². The highest BCUT2D eigenvalue weighted by Gasteiger charge is 2.35. The van der Waals surface area contributed by atoms with E-state index in [0.29, 0.717) is 31.0 Å². The molecule has 0 unspecified atom stereocenters. The van der Waals surface area contributed by atoms with E-state index in [-0.39, 0.29) is 11.0 Å². The van der Waals surface area contributed by atoms with E-state index in [1.165, 1.54) is 11.4 Å². The molecular formula is C17H20N2O4S. The van der Waals surface area contributed by atoms with E-state index in [9.17, 15) is 8.42 Å². The number of ether oxygens (including phenoxy) is 2. The molecule has 0 spiro atoms. The van der Waals surface area contributed by atoms with Crippen molar-refractivity contribution in [2.75, 3.05) is 20.2 Å². The van der Waals surface area contributed by atoms with Gasteiger partial charge in [0.2, 0.25) is 10.0 Å². The van der Waals surface area contributed by atoms with Crippen LogP contribution in [0, 0.1) is 6.92 Å². The summed E-state index contributed by atoms with van der Waals surface area (Å²) in [5.41, 5.74) is 0.911. The van der Waals surface area contributed by atoms with Crippen molar-refractivity contribution in [3.05, 3.63) is 48.3 Å². The van der Waals surface area contributed by atoms with Crippen LogP contribution in [0.2, 0.25) is 0 Å². The molecule has 0 N–H and O–H groups in total. The fraction of sp³-hybridized carbons (Fsp3) is 0.353. The number of pyridine rings is 1. The molecule has 0 aliphatic carbocycles. The maximum atomic E-state index is 12.8. The average Bonchev–Trinajstić information content (AvgIpc) is 3.06. The van der Waals surface area contributed by atoms with E-state index >= 15 is 0 Å². The van der Waals surface area contributed by atoms with Gasteiger partial charge in [-0.2, -0.15) is 4.31 Å². The first-order valence-electron chi connectivity index (χ1n) is 7.73. The Hall–Kier alpha value is -2.12. The molecule has 24 heavy (non-hydrogen) atoms. The molecule has 1 aromatic heterocycles. The monoisotopic (exact) mass is 348 g/mol. The van der Waals surface area contributed by atoms with Crippen LogP contribution in [0.5, 0.6) is 11.5 Å². The zero-order valence-corrected chi connectivity index (χ0v) is 14.5. The van der Waals surface area contributed by atoms with Gasteiger partial charge in [0.25, 0.3) is 0 Å². The summed E-state index contributed by atoms with van der Waals surface area (Å²) in [6.07, 6.45) is 2.12. The van der Waals surface area contributed by atoms with Crippen molar-refractivity contribution < 1.29 is 17.9 Å². The fourth-order valence-corrected chi connectivity index (χ4v) is 4.34. The van der Waals surface area contributed by atoms with Gasteiger partial charge in [-0.25, -0.2) is 8.42 Å². The Morgan fingerprint density at radius 1 is 1.21 bits per heavy atom. The number of sulfonamides is 1. The average molecular weight is 348 g/mol. The van der Waals surface area contributed by atoms with Crippen molar-refractivity contribution in [3.63, 3.8) is 0 Å². The third-order valence-corrected chi connectivity index (χ3v) is 5.89. The number of nitrogens with zero attached hydrogens (tertiary/aromatic N) is 2. The number of aromatic nitrogens is 1. The lowest BCUT2D eigenvalue weighted by Crippen LogP contribution is -2.31. The van der Waals surface area contributed by atoms with Crippen molar-refractivity contribution in [1.29, 1.82) is 0 Å². The van der Waals surface area contributed by atoms with E-state index in [2.05, 4.69) is 4.98 Å². The summed E-state index contributed by atoms with van der Waals surface area (Å²) in [6, 6.07) is 10.4. The van der Waals surface area contributed by atoms with Crippen molar-refractivity contribution in [2.24, 2.45) is 0 Å². The molecule has 2 heterocycles. The summed E-state index contributed by atoms with van der Waals surface area (Å²) in [6.45, 7) is 2.64. The SMILES string of the molecule is COc1ccccc1S(=O)(=O)N1CC[C@H](Oc2ccc(C)nc2)C1. The smallest absolute Gasteiger partial charge is 0.246 e. The summed E-state index contributed by atoms with van der Waals surface area (Å²) in [7, 11) is -2.13. The zero-order chi connectivity index (χ0) is 17.2. The predicted molar refractivity (Wildman–Crippen MR) is 89.8 cm³/mol. The lowest BCUT2D eigenvalue weighted by atomic mass is 10.3. The van der Waals surface area contributed by atoms with Crippen LogP contribution in [0.3, 0.4) is 0 Å². The Morgan fingerprint density at radius 3 is 2.71 bits per heavy atom. The molecular weight excluding hydrogens is 328 g/mol. The molecule has 2 aromatic rings. The van der Waals surface area contributed by atoms with Crippen LogP contribution in [-0.4, -0.2) is 44.0 Å². The standard InChI is InChI=1S/C17H20N2O4S/c1-13-7-8-14(11-18-13)23-15-9-10-19(12-15)24(20,21)17-6-4-3-5-16(17)22-2/h3-8,11,15H,9-10,12H2,1-2H3/t15-/m0/s1. The maximum Gasteiger partial charge on any atom is 0.246 e. The minimum atomic E-state index is -3.60. The van der Waals surface area contributed by atoms with Crippen LogP contribution in [-0.2, 0) is 10.0 Å². The lowest BCUT2D eigenvalue weighted by molar-refractivity contribution is 0.214. The first-order valence-corrected chi connectivity index (χ1v) is 9.17. The first kappa shape index (κ1) is 16.7. The van der Waals surface area contributed by atoms with Crippen LogP contribution in [0.1, 0.15) is 12.1 Å². The second-order valence-electron chi connectivity index (χ2n) is 5.68. The molecule has 0 amide bonds. The third-order valence-electron chi connectivity index (χ3n) is 3.98. The normalized spacial score (nSPS) is 18.5. The number of rotatable bonds is 5. The van der Waals surface area contributed by atoms with E-state index in [1.54, 1.807) is 30.5 Å². The first-order chi connectivity index (χ1) is 11.5. The van der Waals surface area contributed by atoms with Crippen molar-refractivity contribution >= 4 is 10.0 Å². The maximum absolute atomic E-state index is 12.8. The Kier molecular flexibility index (Phi) is 4.73. The fourth-order valence-electron chi connectivity index (χ4n) is 2.70. The highest BCUT2D eigenvalue weighted by atomic mass is 32.2. The second-order valence-corrected chi connectivity index (χ2v) is 7.58. The van der Waals surface area contributed by atoms with Gasteiger partial charge in [-0.15, -0.1) is 0 Å². The van der Waals surface area contributed by atoms with Gasteiger partial charge < -0.3 is 9.47 Å².